The number of aryl methyl sites for hydroxylation is 3. The van der Waals surface area contributed by atoms with E-state index in [9.17, 15) is 10.1 Å². The lowest BCUT2D eigenvalue weighted by molar-refractivity contribution is -0.112. The van der Waals surface area contributed by atoms with Gasteiger partial charge in [0, 0.05) is 17.1 Å². The zero-order chi connectivity index (χ0) is 22.2. The first kappa shape index (κ1) is 22.2. The van der Waals surface area contributed by atoms with Gasteiger partial charge in [-0.15, -0.1) is 11.8 Å². The Hall–Kier alpha value is -3.49. The molecule has 1 amide bonds. The maximum Gasteiger partial charge on any atom is 0.269 e. The lowest BCUT2D eigenvalue weighted by atomic mass is 10.1. The van der Waals surface area contributed by atoms with Gasteiger partial charge in [-0.2, -0.15) is 5.26 Å². The number of thioether (sulfide) groups is 1. The number of rotatable bonds is 7. The minimum absolute atomic E-state index is 0.0573. The van der Waals surface area contributed by atoms with Crippen LogP contribution in [0.5, 0.6) is 0 Å². The summed E-state index contributed by atoms with van der Waals surface area (Å²) in [5.74, 6) is 0.216. The van der Waals surface area contributed by atoms with Crippen molar-refractivity contribution < 1.29 is 4.79 Å². The monoisotopic (exact) mass is 427 g/mol. The number of para-hydroxylation sites is 2. The predicted molar refractivity (Wildman–Crippen MR) is 130 cm³/mol. The second kappa shape index (κ2) is 10.5. The molecule has 0 fully saturated rings. The van der Waals surface area contributed by atoms with Gasteiger partial charge in [-0.05, 0) is 55.7 Å². The largest absolute Gasteiger partial charge is 0.349 e. The molecule has 0 saturated heterocycles. The molecule has 5 heteroatoms. The average molecular weight is 428 g/mol. The van der Waals surface area contributed by atoms with Crippen LogP contribution >= 0.6 is 11.8 Å². The van der Waals surface area contributed by atoms with Crippen molar-refractivity contribution in [3.05, 3.63) is 106 Å². The third-order valence-corrected chi connectivity index (χ3v) is 5.91. The van der Waals surface area contributed by atoms with Crippen molar-refractivity contribution >= 4 is 29.0 Å². The zero-order valence-electron chi connectivity index (χ0n) is 17.9. The van der Waals surface area contributed by atoms with E-state index in [4.69, 9.17) is 0 Å². The molecule has 0 heterocycles. The van der Waals surface area contributed by atoms with Crippen molar-refractivity contribution in [3.63, 3.8) is 0 Å². The van der Waals surface area contributed by atoms with Crippen molar-refractivity contribution in [3.8, 4) is 6.07 Å². The molecule has 0 aliphatic rings. The maximum absolute atomic E-state index is 13.0. The summed E-state index contributed by atoms with van der Waals surface area (Å²) in [4.78, 5) is 13.0. The van der Waals surface area contributed by atoms with Crippen molar-refractivity contribution in [2.45, 2.75) is 26.5 Å². The Bertz CT molecular complexity index is 1150. The van der Waals surface area contributed by atoms with Gasteiger partial charge in [0.1, 0.15) is 11.6 Å². The molecule has 2 N–H and O–H groups in total. The normalized spacial score (nSPS) is 11.3. The Morgan fingerprint density at radius 3 is 2.29 bits per heavy atom. The first-order chi connectivity index (χ1) is 15.0. The van der Waals surface area contributed by atoms with Crippen molar-refractivity contribution in [2.75, 3.05) is 10.6 Å². The summed E-state index contributed by atoms with van der Waals surface area (Å²) < 4.78 is 0. The fraction of sp³-hybridized carbons (Fsp3) is 0.154. The van der Waals surface area contributed by atoms with Crippen molar-refractivity contribution in [1.82, 2.24) is 0 Å². The molecule has 0 bridgehead atoms. The van der Waals surface area contributed by atoms with Crippen LogP contribution in [0.3, 0.4) is 0 Å². The van der Waals surface area contributed by atoms with E-state index < -0.39 is 5.91 Å². The molecule has 0 atom stereocenters. The molecule has 0 spiro atoms. The van der Waals surface area contributed by atoms with E-state index in [-0.39, 0.29) is 5.57 Å². The molecular weight excluding hydrogens is 402 g/mol. The van der Waals surface area contributed by atoms with Gasteiger partial charge >= 0.3 is 0 Å². The molecule has 0 saturated carbocycles. The number of carbonyl (C=O) groups is 1. The van der Waals surface area contributed by atoms with Gasteiger partial charge < -0.3 is 10.6 Å². The molecule has 3 aromatic rings. The van der Waals surface area contributed by atoms with Crippen LogP contribution in [0.25, 0.3) is 0 Å². The number of nitrogens with zero attached hydrogens (tertiary/aromatic N) is 1. The summed E-state index contributed by atoms with van der Waals surface area (Å²) in [7, 11) is 0. The summed E-state index contributed by atoms with van der Waals surface area (Å²) in [6.07, 6.45) is 0. The number of benzene rings is 3. The number of anilines is 2. The predicted octanol–water partition coefficient (Wildman–Crippen LogP) is 6.33. The molecule has 0 aliphatic carbocycles. The number of amides is 1. The Labute approximate surface area is 188 Å². The highest BCUT2D eigenvalue weighted by Crippen LogP contribution is 2.28. The summed E-state index contributed by atoms with van der Waals surface area (Å²) in [5, 5.41) is 16.5. The average Bonchev–Trinajstić information content (AvgIpc) is 2.75. The van der Waals surface area contributed by atoms with E-state index in [1.165, 1.54) is 28.5 Å². The fourth-order valence-corrected chi connectivity index (χ4v) is 4.18. The van der Waals surface area contributed by atoms with E-state index >= 15 is 0 Å². The lowest BCUT2D eigenvalue weighted by Crippen LogP contribution is -2.17. The van der Waals surface area contributed by atoms with Gasteiger partial charge in [0.25, 0.3) is 5.91 Å². The highest BCUT2D eigenvalue weighted by Gasteiger charge is 2.18. The van der Waals surface area contributed by atoms with Crippen LogP contribution in [0.1, 0.15) is 22.3 Å². The lowest BCUT2D eigenvalue weighted by Gasteiger charge is -2.15. The molecule has 0 aliphatic heterocycles. The number of nitriles is 1. The van der Waals surface area contributed by atoms with Crippen LogP contribution in [0.4, 0.5) is 11.4 Å². The summed E-state index contributed by atoms with van der Waals surface area (Å²) >= 11 is 1.45. The van der Waals surface area contributed by atoms with Crippen LogP contribution < -0.4 is 10.6 Å². The molecular formula is C26H25N3OS. The SMILES string of the molecule is Cc1ccc(CS/C(Nc2ccccc2)=C(\C#N)C(=O)Nc2ccccc2C)c(C)c1. The highest BCUT2D eigenvalue weighted by molar-refractivity contribution is 8.02. The minimum atomic E-state index is -0.427. The van der Waals surface area contributed by atoms with Crippen molar-refractivity contribution in [1.29, 1.82) is 5.26 Å². The minimum Gasteiger partial charge on any atom is -0.349 e. The highest BCUT2D eigenvalue weighted by atomic mass is 32.2. The van der Waals surface area contributed by atoms with E-state index in [0.717, 1.165) is 11.3 Å². The van der Waals surface area contributed by atoms with E-state index in [1.54, 1.807) is 0 Å². The molecule has 0 unspecified atom stereocenters. The molecule has 0 aromatic heterocycles. The fourth-order valence-electron chi connectivity index (χ4n) is 3.08. The number of nitrogens with one attached hydrogen (secondary N) is 2. The van der Waals surface area contributed by atoms with Gasteiger partial charge in [0.05, 0.1) is 5.03 Å². The molecule has 31 heavy (non-hydrogen) atoms. The van der Waals surface area contributed by atoms with E-state index in [0.29, 0.717) is 16.5 Å². The second-order valence-corrected chi connectivity index (χ2v) is 8.28. The first-order valence-corrected chi connectivity index (χ1v) is 11.0. The van der Waals surface area contributed by atoms with Crippen LogP contribution in [0, 0.1) is 32.1 Å². The molecule has 0 radical (unpaired) electrons. The number of carbonyl (C=O) groups excluding carboxylic acids is 1. The van der Waals surface area contributed by atoms with Crippen LogP contribution in [-0.4, -0.2) is 5.91 Å². The standard InChI is InChI=1S/C26H25N3OS/c1-18-13-14-21(20(3)15-18)17-31-26(28-22-10-5-4-6-11-22)23(16-27)25(30)29-24-12-8-7-9-19(24)2/h4-15,28H,17H2,1-3H3,(H,29,30)/b26-23+. The molecule has 3 aromatic carbocycles. The second-order valence-electron chi connectivity index (χ2n) is 7.29. The van der Waals surface area contributed by atoms with Crippen LogP contribution in [0.15, 0.2) is 83.4 Å². The topological polar surface area (TPSA) is 64.9 Å². The molecule has 4 nitrogen and oxygen atoms in total. The van der Waals surface area contributed by atoms with Crippen LogP contribution in [-0.2, 0) is 10.5 Å². The first-order valence-electron chi connectivity index (χ1n) is 10.0. The van der Waals surface area contributed by atoms with Gasteiger partial charge in [0.2, 0.25) is 0 Å². The zero-order valence-corrected chi connectivity index (χ0v) is 18.7. The Morgan fingerprint density at radius 1 is 0.903 bits per heavy atom. The van der Waals surface area contributed by atoms with E-state index in [1.807, 2.05) is 61.5 Å². The van der Waals surface area contributed by atoms with Crippen molar-refractivity contribution in [2.24, 2.45) is 0 Å². The van der Waals surface area contributed by atoms with Gasteiger partial charge in [-0.1, -0.05) is 60.2 Å². The quantitative estimate of drug-likeness (QED) is 0.341. The molecule has 3 rings (SSSR count). The summed E-state index contributed by atoms with van der Waals surface area (Å²) in [6, 6.07) is 25.5. The Balaban J connectivity index is 1.91. The van der Waals surface area contributed by atoms with Crippen LogP contribution in [0.2, 0.25) is 0 Å². The Morgan fingerprint density at radius 2 is 1.61 bits per heavy atom. The number of hydrogen-bond donors (Lipinski definition) is 2. The smallest absolute Gasteiger partial charge is 0.269 e. The number of hydrogen-bond acceptors (Lipinski definition) is 4. The maximum atomic E-state index is 13.0. The van der Waals surface area contributed by atoms with Gasteiger partial charge in [-0.3, -0.25) is 4.79 Å². The summed E-state index contributed by atoms with van der Waals surface area (Å²) in [6.45, 7) is 6.06. The Kier molecular flexibility index (Phi) is 7.53. The molecule has 156 valence electrons. The third-order valence-electron chi connectivity index (χ3n) is 4.86. The van der Waals surface area contributed by atoms with E-state index in [2.05, 4.69) is 48.7 Å². The van der Waals surface area contributed by atoms with Gasteiger partial charge in [0.15, 0.2) is 0 Å². The summed E-state index contributed by atoms with van der Waals surface area (Å²) in [5.41, 5.74) is 6.07. The third kappa shape index (κ3) is 6.00. The van der Waals surface area contributed by atoms with Gasteiger partial charge in [-0.25, -0.2) is 0 Å².